The number of para-hydroxylation sites is 2. The number of thioether (sulfide) groups is 2. The van der Waals surface area contributed by atoms with Crippen LogP contribution < -0.4 is 11.5 Å². The van der Waals surface area contributed by atoms with Gasteiger partial charge in [0.05, 0.1) is 11.1 Å². The molecule has 0 radical (unpaired) electrons. The molecule has 166 valence electrons. The van der Waals surface area contributed by atoms with E-state index in [0.717, 1.165) is 9.79 Å². The van der Waals surface area contributed by atoms with Crippen LogP contribution in [0.1, 0.15) is 26.3 Å². The highest BCUT2D eigenvalue weighted by Gasteiger charge is 2.16. The predicted octanol–water partition coefficient (Wildman–Crippen LogP) is 4.83. The molecule has 0 saturated heterocycles. The van der Waals surface area contributed by atoms with E-state index < -0.39 is 11.9 Å². The molecule has 5 N–H and O–H groups in total. The number of rotatable bonds is 10. The lowest BCUT2D eigenvalue weighted by atomic mass is 10.0. The maximum absolute atomic E-state index is 12.7. The van der Waals surface area contributed by atoms with Crippen molar-refractivity contribution in [3.8, 4) is 0 Å². The molecule has 8 heteroatoms. The van der Waals surface area contributed by atoms with E-state index in [2.05, 4.69) is 0 Å². The van der Waals surface area contributed by atoms with Gasteiger partial charge in [0.15, 0.2) is 0 Å². The largest absolute Gasteiger partial charge is 0.478 e. The minimum atomic E-state index is -1.04. The van der Waals surface area contributed by atoms with Gasteiger partial charge in [0, 0.05) is 32.7 Å². The molecule has 0 heterocycles. The molecule has 0 aliphatic carbocycles. The molecule has 0 aliphatic rings. The monoisotopic (exact) mass is 468 g/mol. The van der Waals surface area contributed by atoms with Gasteiger partial charge in [-0.15, -0.1) is 23.5 Å². The highest BCUT2D eigenvalue weighted by Crippen LogP contribution is 2.27. The maximum atomic E-state index is 12.7. The molecule has 0 saturated carbocycles. The zero-order chi connectivity index (χ0) is 22.9. The van der Waals surface area contributed by atoms with E-state index in [1.54, 1.807) is 11.8 Å². The lowest BCUT2D eigenvalue weighted by Gasteiger charge is -2.12. The average Bonchev–Trinajstić information content (AvgIpc) is 2.79. The maximum Gasteiger partial charge on any atom is 0.338 e. The van der Waals surface area contributed by atoms with Crippen molar-refractivity contribution in [2.75, 3.05) is 29.6 Å². The molecule has 0 aromatic heterocycles. The lowest BCUT2D eigenvalue weighted by Crippen LogP contribution is -2.12. The van der Waals surface area contributed by atoms with Crippen LogP contribution in [-0.2, 0) is 11.2 Å². The number of aromatic carboxylic acids is 1. The van der Waals surface area contributed by atoms with Gasteiger partial charge in [-0.25, -0.2) is 9.59 Å². The van der Waals surface area contributed by atoms with Crippen LogP contribution >= 0.6 is 23.5 Å². The van der Waals surface area contributed by atoms with E-state index in [1.165, 1.54) is 30.0 Å². The Hall–Kier alpha value is -3.10. The summed E-state index contributed by atoms with van der Waals surface area (Å²) < 4.78 is 5.44. The number of esters is 1. The van der Waals surface area contributed by atoms with Crippen LogP contribution in [0.2, 0.25) is 0 Å². The zero-order valence-corrected chi connectivity index (χ0v) is 19.0. The standard InChI is InChI=1S/C24H24N2O4S2/c25-19-5-1-3-7-21(19)31-13-11-16-15-17(23(27)28)9-10-18(16)24(29)30-12-14-32-22-8-4-2-6-20(22)26/h1-10,15H,11-14,25-26H2,(H,27,28). The van der Waals surface area contributed by atoms with Crippen LogP contribution in [0.15, 0.2) is 76.5 Å². The number of carbonyl (C=O) groups is 2. The second kappa shape index (κ2) is 11.5. The minimum absolute atomic E-state index is 0.135. The molecule has 3 aromatic carbocycles. The molecule has 0 atom stereocenters. The Morgan fingerprint density at radius 1 is 0.844 bits per heavy atom. The van der Waals surface area contributed by atoms with Gasteiger partial charge in [0.1, 0.15) is 6.61 Å². The SMILES string of the molecule is Nc1ccccc1SCCOC(=O)c1ccc(C(=O)O)cc1CCSc1ccccc1N. The molecule has 0 amide bonds. The molecule has 0 bridgehead atoms. The first-order valence-electron chi connectivity index (χ1n) is 9.93. The summed E-state index contributed by atoms with van der Waals surface area (Å²) in [6.45, 7) is 0.216. The summed E-state index contributed by atoms with van der Waals surface area (Å²) in [5.41, 5.74) is 14.4. The molecule has 0 fully saturated rings. The topological polar surface area (TPSA) is 116 Å². The Morgan fingerprint density at radius 2 is 1.44 bits per heavy atom. The zero-order valence-electron chi connectivity index (χ0n) is 17.3. The Kier molecular flexibility index (Phi) is 8.47. The number of nitrogens with two attached hydrogens (primary N) is 2. The van der Waals surface area contributed by atoms with Crippen LogP contribution in [0.3, 0.4) is 0 Å². The Bertz CT molecular complexity index is 1100. The first-order chi connectivity index (χ1) is 15.5. The normalized spacial score (nSPS) is 10.6. The molecule has 32 heavy (non-hydrogen) atoms. The van der Waals surface area contributed by atoms with Gasteiger partial charge in [0.25, 0.3) is 0 Å². The van der Waals surface area contributed by atoms with Gasteiger partial charge >= 0.3 is 11.9 Å². The third kappa shape index (κ3) is 6.45. The molecule has 6 nitrogen and oxygen atoms in total. The van der Waals surface area contributed by atoms with E-state index in [1.807, 2.05) is 48.5 Å². The molecular weight excluding hydrogens is 444 g/mol. The van der Waals surface area contributed by atoms with Crippen molar-refractivity contribution in [1.29, 1.82) is 0 Å². The molecule has 0 aliphatic heterocycles. The van der Waals surface area contributed by atoms with Gasteiger partial charge in [0.2, 0.25) is 0 Å². The van der Waals surface area contributed by atoms with Crippen LogP contribution in [0.25, 0.3) is 0 Å². The summed E-state index contributed by atoms with van der Waals surface area (Å²) in [5.74, 6) is -0.308. The van der Waals surface area contributed by atoms with Crippen molar-refractivity contribution < 1.29 is 19.4 Å². The van der Waals surface area contributed by atoms with Crippen molar-refractivity contribution >= 4 is 46.8 Å². The van der Waals surface area contributed by atoms with Gasteiger partial charge in [-0.1, -0.05) is 24.3 Å². The molecular formula is C24H24N2O4S2. The van der Waals surface area contributed by atoms with E-state index in [0.29, 0.717) is 40.4 Å². The third-order valence-electron chi connectivity index (χ3n) is 4.61. The van der Waals surface area contributed by atoms with Crippen LogP contribution in [0.4, 0.5) is 11.4 Å². The first kappa shape index (κ1) is 23.6. The smallest absolute Gasteiger partial charge is 0.338 e. The van der Waals surface area contributed by atoms with E-state index in [4.69, 9.17) is 16.2 Å². The summed E-state index contributed by atoms with van der Waals surface area (Å²) in [6.07, 6.45) is 0.500. The number of ether oxygens (including phenoxy) is 1. The highest BCUT2D eigenvalue weighted by atomic mass is 32.2. The summed E-state index contributed by atoms with van der Waals surface area (Å²) >= 11 is 3.07. The van der Waals surface area contributed by atoms with Gasteiger partial charge < -0.3 is 21.3 Å². The molecule has 3 aromatic rings. The number of benzene rings is 3. The second-order valence-electron chi connectivity index (χ2n) is 6.84. The van der Waals surface area contributed by atoms with Gasteiger partial charge in [-0.05, 0) is 54.4 Å². The predicted molar refractivity (Wildman–Crippen MR) is 131 cm³/mol. The lowest BCUT2D eigenvalue weighted by molar-refractivity contribution is 0.0527. The Labute approximate surface area is 195 Å². The van der Waals surface area contributed by atoms with Crippen molar-refractivity contribution in [2.45, 2.75) is 16.2 Å². The van der Waals surface area contributed by atoms with Crippen molar-refractivity contribution in [3.05, 3.63) is 83.4 Å². The van der Waals surface area contributed by atoms with Gasteiger partial charge in [-0.2, -0.15) is 0 Å². The number of carboxylic acids is 1. The summed E-state index contributed by atoms with van der Waals surface area (Å²) in [7, 11) is 0. The minimum Gasteiger partial charge on any atom is -0.478 e. The fraction of sp³-hybridized carbons (Fsp3) is 0.167. The third-order valence-corrected chi connectivity index (χ3v) is 6.76. The average molecular weight is 469 g/mol. The van der Waals surface area contributed by atoms with Crippen LogP contribution in [0.5, 0.6) is 0 Å². The second-order valence-corrected chi connectivity index (χ2v) is 9.11. The molecule has 0 spiro atoms. The van der Waals surface area contributed by atoms with Crippen molar-refractivity contribution in [3.63, 3.8) is 0 Å². The van der Waals surface area contributed by atoms with Gasteiger partial charge in [-0.3, -0.25) is 0 Å². The number of hydrogen-bond donors (Lipinski definition) is 3. The fourth-order valence-electron chi connectivity index (χ4n) is 2.99. The number of hydrogen-bond acceptors (Lipinski definition) is 7. The number of aryl methyl sites for hydroxylation is 1. The quantitative estimate of drug-likeness (QED) is 0.168. The number of carboxylic acid groups (broad SMARTS) is 1. The summed E-state index contributed by atoms with van der Waals surface area (Å²) in [4.78, 5) is 26.0. The summed E-state index contributed by atoms with van der Waals surface area (Å²) in [5, 5.41) is 9.33. The van der Waals surface area contributed by atoms with Crippen molar-refractivity contribution in [2.24, 2.45) is 0 Å². The Balaban J connectivity index is 1.62. The van der Waals surface area contributed by atoms with Crippen molar-refractivity contribution in [1.82, 2.24) is 0 Å². The summed E-state index contributed by atoms with van der Waals surface area (Å²) in [6, 6.07) is 19.5. The number of carbonyl (C=O) groups excluding carboxylic acids is 1. The van der Waals surface area contributed by atoms with Crippen LogP contribution in [-0.4, -0.2) is 35.2 Å². The van der Waals surface area contributed by atoms with E-state index in [-0.39, 0.29) is 12.2 Å². The van der Waals surface area contributed by atoms with E-state index in [9.17, 15) is 14.7 Å². The number of nitrogen functional groups attached to an aromatic ring is 2. The van der Waals surface area contributed by atoms with E-state index >= 15 is 0 Å². The number of anilines is 2. The fourth-order valence-corrected chi connectivity index (χ4v) is 4.74. The molecule has 3 rings (SSSR count). The molecule has 0 unspecified atom stereocenters. The highest BCUT2D eigenvalue weighted by molar-refractivity contribution is 7.99. The van der Waals surface area contributed by atoms with Crippen LogP contribution in [0, 0.1) is 0 Å². The Morgan fingerprint density at radius 3 is 2.03 bits per heavy atom. The first-order valence-corrected chi connectivity index (χ1v) is 11.9.